The molecule has 148 valence electrons. The first-order valence-electron chi connectivity index (χ1n) is 9.20. The van der Waals surface area contributed by atoms with Crippen molar-refractivity contribution in [2.75, 3.05) is 26.9 Å². The summed E-state index contributed by atoms with van der Waals surface area (Å²) in [7, 11) is 3.57. The van der Waals surface area contributed by atoms with Crippen molar-refractivity contribution >= 4 is 5.96 Å². The molecule has 2 N–H and O–H groups in total. The van der Waals surface area contributed by atoms with E-state index in [1.54, 1.807) is 18.1 Å². The Labute approximate surface area is 161 Å². The summed E-state index contributed by atoms with van der Waals surface area (Å²) in [5, 5.41) is 10.6. The van der Waals surface area contributed by atoms with E-state index in [1.165, 1.54) is 0 Å². The molecular weight excluding hydrogens is 344 g/mol. The van der Waals surface area contributed by atoms with Crippen LogP contribution in [0.1, 0.15) is 30.3 Å². The van der Waals surface area contributed by atoms with E-state index in [-0.39, 0.29) is 0 Å². The van der Waals surface area contributed by atoms with Crippen molar-refractivity contribution < 1.29 is 9.47 Å². The van der Waals surface area contributed by atoms with Crippen LogP contribution in [0.2, 0.25) is 0 Å². The topological polar surface area (TPSA) is 85.6 Å². The Balaban J connectivity index is 2.02. The Kier molecular flexibility index (Phi) is 8.57. The zero-order valence-corrected chi connectivity index (χ0v) is 16.7. The van der Waals surface area contributed by atoms with Crippen molar-refractivity contribution in [3.8, 4) is 5.75 Å². The summed E-state index contributed by atoms with van der Waals surface area (Å²) >= 11 is 0. The molecule has 0 atom stereocenters. The molecule has 0 radical (unpaired) electrons. The fraction of sp³-hybridized carbons (Fsp3) is 0.526. The van der Waals surface area contributed by atoms with Crippen molar-refractivity contribution in [1.29, 1.82) is 0 Å². The molecule has 8 nitrogen and oxygen atoms in total. The summed E-state index contributed by atoms with van der Waals surface area (Å²) in [6.45, 7) is 7.26. The Morgan fingerprint density at radius 3 is 2.81 bits per heavy atom. The summed E-state index contributed by atoms with van der Waals surface area (Å²) < 4.78 is 12.7. The molecule has 1 heterocycles. The predicted molar refractivity (Wildman–Crippen MR) is 106 cm³/mol. The highest BCUT2D eigenvalue weighted by molar-refractivity contribution is 5.79. The van der Waals surface area contributed by atoms with Crippen LogP contribution < -0.4 is 15.4 Å². The Hall–Kier alpha value is -2.61. The Morgan fingerprint density at radius 1 is 1.26 bits per heavy atom. The van der Waals surface area contributed by atoms with E-state index < -0.39 is 0 Å². The molecule has 0 bridgehead atoms. The van der Waals surface area contributed by atoms with Crippen LogP contribution in [-0.4, -0.2) is 47.6 Å². The second-order valence-electron chi connectivity index (χ2n) is 6.15. The molecule has 0 unspecified atom stereocenters. The lowest BCUT2D eigenvalue weighted by molar-refractivity contribution is 0.172. The highest BCUT2D eigenvalue weighted by Crippen LogP contribution is 2.21. The number of aliphatic imine (C=N–C) groups is 1. The third kappa shape index (κ3) is 6.90. The summed E-state index contributed by atoms with van der Waals surface area (Å²) in [4.78, 5) is 8.89. The van der Waals surface area contributed by atoms with Gasteiger partial charge in [0.1, 0.15) is 17.9 Å². The van der Waals surface area contributed by atoms with Gasteiger partial charge >= 0.3 is 0 Å². The lowest BCUT2D eigenvalue weighted by Gasteiger charge is -2.13. The molecule has 27 heavy (non-hydrogen) atoms. The minimum absolute atomic E-state index is 0.522. The van der Waals surface area contributed by atoms with Gasteiger partial charge in [-0.15, -0.1) is 0 Å². The Morgan fingerprint density at radius 2 is 2.11 bits per heavy atom. The molecule has 2 aromatic rings. The number of rotatable bonds is 10. The average Bonchev–Trinajstić information content (AvgIpc) is 3.07. The van der Waals surface area contributed by atoms with Gasteiger partial charge in [-0.3, -0.25) is 4.68 Å². The van der Waals surface area contributed by atoms with E-state index in [9.17, 15) is 0 Å². The third-order valence-corrected chi connectivity index (χ3v) is 3.94. The van der Waals surface area contributed by atoms with E-state index in [2.05, 4.69) is 50.8 Å². The number of guanidine groups is 1. The first kappa shape index (κ1) is 20.7. The van der Waals surface area contributed by atoms with Gasteiger partial charge in [0, 0.05) is 39.3 Å². The molecule has 0 aliphatic rings. The smallest absolute Gasteiger partial charge is 0.191 e. The maximum atomic E-state index is 5.94. The molecule has 0 amide bonds. The SMILES string of the molecule is CCNC(=NCc1ccc(C)cc1OCCCOC)NCc1ncnn1C. The summed E-state index contributed by atoms with van der Waals surface area (Å²) in [6.07, 6.45) is 2.40. The van der Waals surface area contributed by atoms with Crippen molar-refractivity contribution in [2.45, 2.75) is 33.4 Å². The van der Waals surface area contributed by atoms with E-state index in [0.29, 0.717) is 26.3 Å². The molecule has 0 aliphatic carbocycles. The van der Waals surface area contributed by atoms with Crippen LogP contribution in [0, 0.1) is 6.92 Å². The van der Waals surface area contributed by atoms with Gasteiger partial charge in [0.15, 0.2) is 5.96 Å². The quantitative estimate of drug-likeness (QED) is 0.375. The fourth-order valence-corrected chi connectivity index (χ4v) is 2.46. The molecule has 0 spiro atoms. The number of nitrogens with one attached hydrogen (secondary N) is 2. The maximum Gasteiger partial charge on any atom is 0.191 e. The number of methoxy groups -OCH3 is 1. The molecule has 2 rings (SSSR count). The Bertz CT molecular complexity index is 729. The van der Waals surface area contributed by atoms with Gasteiger partial charge in [0.25, 0.3) is 0 Å². The van der Waals surface area contributed by atoms with Gasteiger partial charge in [-0.25, -0.2) is 9.98 Å². The molecule has 0 saturated carbocycles. The van der Waals surface area contributed by atoms with Crippen LogP contribution in [0.15, 0.2) is 29.5 Å². The van der Waals surface area contributed by atoms with Crippen molar-refractivity contribution in [3.05, 3.63) is 41.5 Å². The van der Waals surface area contributed by atoms with Gasteiger partial charge in [-0.1, -0.05) is 12.1 Å². The maximum absolute atomic E-state index is 5.94. The van der Waals surface area contributed by atoms with Crippen LogP contribution in [-0.2, 0) is 24.9 Å². The highest BCUT2D eigenvalue weighted by Gasteiger charge is 2.06. The molecule has 1 aromatic heterocycles. The number of aryl methyl sites for hydroxylation is 2. The summed E-state index contributed by atoms with van der Waals surface area (Å²) in [5.41, 5.74) is 2.21. The van der Waals surface area contributed by atoms with E-state index in [0.717, 1.165) is 41.6 Å². The first-order chi connectivity index (χ1) is 13.1. The number of ether oxygens (including phenoxy) is 2. The molecular formula is C19H30N6O2. The van der Waals surface area contributed by atoms with Crippen molar-refractivity contribution in [2.24, 2.45) is 12.0 Å². The number of benzene rings is 1. The largest absolute Gasteiger partial charge is 0.493 e. The van der Waals surface area contributed by atoms with Crippen LogP contribution in [0.4, 0.5) is 0 Å². The van der Waals surface area contributed by atoms with Crippen molar-refractivity contribution in [1.82, 2.24) is 25.4 Å². The van der Waals surface area contributed by atoms with Gasteiger partial charge in [-0.2, -0.15) is 5.10 Å². The number of hydrogen-bond donors (Lipinski definition) is 2. The molecule has 8 heteroatoms. The van der Waals surface area contributed by atoms with E-state index in [4.69, 9.17) is 9.47 Å². The van der Waals surface area contributed by atoms with Crippen LogP contribution in [0.5, 0.6) is 5.75 Å². The lowest BCUT2D eigenvalue weighted by Crippen LogP contribution is -2.37. The second kappa shape index (κ2) is 11.2. The first-order valence-corrected chi connectivity index (χ1v) is 9.20. The lowest BCUT2D eigenvalue weighted by atomic mass is 10.1. The van der Waals surface area contributed by atoms with Gasteiger partial charge in [0.2, 0.25) is 0 Å². The number of nitrogens with zero attached hydrogens (tertiary/aromatic N) is 4. The van der Waals surface area contributed by atoms with E-state index in [1.807, 2.05) is 14.0 Å². The standard InChI is InChI=1S/C19H30N6O2/c1-5-20-19(22-13-18-23-14-24-25(18)3)21-12-16-8-7-15(2)11-17(16)27-10-6-9-26-4/h7-8,11,14H,5-6,9-10,12-13H2,1-4H3,(H2,20,21,22). The minimum Gasteiger partial charge on any atom is -0.493 e. The third-order valence-electron chi connectivity index (χ3n) is 3.94. The van der Waals surface area contributed by atoms with Gasteiger partial charge in [0.05, 0.1) is 19.7 Å². The van der Waals surface area contributed by atoms with Crippen molar-refractivity contribution in [3.63, 3.8) is 0 Å². The molecule has 1 aromatic carbocycles. The summed E-state index contributed by atoms with van der Waals surface area (Å²) in [6, 6.07) is 6.20. The van der Waals surface area contributed by atoms with E-state index >= 15 is 0 Å². The predicted octanol–water partition coefficient (Wildman–Crippen LogP) is 1.79. The molecule has 0 saturated heterocycles. The van der Waals surface area contributed by atoms with Crippen LogP contribution in [0.25, 0.3) is 0 Å². The highest BCUT2D eigenvalue weighted by atomic mass is 16.5. The zero-order chi connectivity index (χ0) is 19.5. The fourth-order valence-electron chi connectivity index (χ4n) is 2.46. The summed E-state index contributed by atoms with van der Waals surface area (Å²) in [5.74, 6) is 2.45. The normalized spacial score (nSPS) is 11.5. The monoisotopic (exact) mass is 374 g/mol. The molecule has 0 fully saturated rings. The second-order valence-corrected chi connectivity index (χ2v) is 6.15. The average molecular weight is 374 g/mol. The minimum atomic E-state index is 0.522. The number of hydrogen-bond acceptors (Lipinski definition) is 5. The number of aromatic nitrogens is 3. The van der Waals surface area contributed by atoms with Crippen LogP contribution >= 0.6 is 0 Å². The molecule has 0 aliphatic heterocycles. The van der Waals surface area contributed by atoms with Gasteiger partial charge < -0.3 is 20.1 Å². The zero-order valence-electron chi connectivity index (χ0n) is 16.7. The van der Waals surface area contributed by atoms with Crippen LogP contribution in [0.3, 0.4) is 0 Å². The van der Waals surface area contributed by atoms with Gasteiger partial charge in [-0.05, 0) is 25.5 Å².